The minimum atomic E-state index is 0. The van der Waals surface area contributed by atoms with Crippen LogP contribution in [-0.2, 0) is 0 Å². The van der Waals surface area contributed by atoms with Gasteiger partial charge in [0.1, 0.15) is 0 Å². The number of rotatable bonds is 7. The Morgan fingerprint density at radius 3 is 2.48 bits per heavy atom. The molecule has 21 heavy (non-hydrogen) atoms. The second kappa shape index (κ2) is 10.4. The summed E-state index contributed by atoms with van der Waals surface area (Å²) in [6, 6.07) is 0. The first kappa shape index (κ1) is 19.6. The zero-order chi connectivity index (χ0) is 14.4. The fraction of sp³-hybridized carbons (Fsp3) is 0.929. The smallest absolute Gasteiger partial charge is 0.172 e. The van der Waals surface area contributed by atoms with Gasteiger partial charge in [-0.05, 0) is 81.0 Å². The summed E-state index contributed by atoms with van der Waals surface area (Å²) >= 11 is 0. The van der Waals surface area contributed by atoms with Crippen molar-refractivity contribution in [3.05, 3.63) is 0 Å². The van der Waals surface area contributed by atoms with Crippen LogP contribution in [0, 0.1) is 0 Å². The maximum Gasteiger partial charge on any atom is 0.172 e. The molecule has 4 nitrogen and oxygen atoms in total. The molecule has 0 radical (unpaired) electrons. The molecular formula is C14H29BrN4S2. The number of halogens is 1. The summed E-state index contributed by atoms with van der Waals surface area (Å²) < 4.78 is 0. The van der Waals surface area contributed by atoms with Crippen molar-refractivity contribution >= 4 is 43.7 Å². The number of hydrogen-bond donors (Lipinski definition) is 0. The molecule has 0 amide bonds. The maximum atomic E-state index is 4.74. The highest BCUT2D eigenvalue weighted by atomic mass is 79.9. The molecule has 0 aromatic carbocycles. The first-order valence-corrected chi connectivity index (χ1v) is 9.89. The second-order valence-electron chi connectivity index (χ2n) is 5.91. The molecule has 1 fully saturated rings. The van der Waals surface area contributed by atoms with Crippen LogP contribution < -0.4 is 0 Å². The molecule has 0 bridgehead atoms. The Morgan fingerprint density at radius 1 is 1.14 bits per heavy atom. The van der Waals surface area contributed by atoms with Gasteiger partial charge in [-0.25, -0.2) is 4.99 Å². The van der Waals surface area contributed by atoms with E-state index in [0.717, 1.165) is 6.54 Å². The molecule has 0 N–H and O–H groups in total. The van der Waals surface area contributed by atoms with Crippen LogP contribution in [0.15, 0.2) is 4.99 Å². The van der Waals surface area contributed by atoms with Gasteiger partial charge in [-0.2, -0.15) is 0 Å². The van der Waals surface area contributed by atoms with Crippen LogP contribution >= 0.6 is 38.6 Å². The summed E-state index contributed by atoms with van der Waals surface area (Å²) in [4.78, 5) is 11.8. The fourth-order valence-electron chi connectivity index (χ4n) is 2.55. The molecule has 1 saturated heterocycles. The van der Waals surface area contributed by atoms with E-state index in [2.05, 4.69) is 35.8 Å². The van der Waals surface area contributed by atoms with Crippen molar-refractivity contribution in [2.75, 3.05) is 47.3 Å². The van der Waals surface area contributed by atoms with Crippen LogP contribution in [0.25, 0.3) is 0 Å². The highest BCUT2D eigenvalue weighted by Gasteiger charge is 2.23. The van der Waals surface area contributed by atoms with Gasteiger partial charge < -0.3 is 9.80 Å². The van der Waals surface area contributed by atoms with Crippen LogP contribution in [0.4, 0.5) is 0 Å². The number of nitrogens with zero attached hydrogens (tertiary/aromatic N) is 4. The Kier molecular flexibility index (Phi) is 9.68. The first-order chi connectivity index (χ1) is 9.66. The molecule has 2 rings (SSSR count). The summed E-state index contributed by atoms with van der Waals surface area (Å²) in [6.07, 6.45) is 6.78. The van der Waals surface area contributed by atoms with Gasteiger partial charge in [0.15, 0.2) is 10.7 Å². The molecule has 0 saturated carbocycles. The van der Waals surface area contributed by atoms with Gasteiger partial charge in [0.05, 0.1) is 0 Å². The van der Waals surface area contributed by atoms with E-state index in [-0.39, 0.29) is 22.5 Å². The molecular weight excluding hydrogens is 368 g/mol. The summed E-state index contributed by atoms with van der Waals surface area (Å²) in [5, 5.41) is 1.19. The highest BCUT2D eigenvalue weighted by molar-refractivity contribution is 8.93. The predicted molar refractivity (Wildman–Crippen MR) is 103 cm³/mol. The van der Waals surface area contributed by atoms with Crippen LogP contribution in [0.1, 0.15) is 32.1 Å². The van der Waals surface area contributed by atoms with Crippen molar-refractivity contribution in [1.82, 2.24) is 14.7 Å². The van der Waals surface area contributed by atoms with Gasteiger partial charge in [0, 0.05) is 13.6 Å². The zero-order valence-corrected chi connectivity index (χ0v) is 16.8. The van der Waals surface area contributed by atoms with E-state index >= 15 is 0 Å². The standard InChI is InChI=1S/C14H28N4S2.BrH/c1-16(2)13-15-14(20-19-13)17(3)9-5-4-6-10-18-11-7-8-12-18;/h13H,4-12H2,1-3H3;1H. The lowest BCUT2D eigenvalue weighted by Crippen LogP contribution is -2.26. The Morgan fingerprint density at radius 2 is 1.86 bits per heavy atom. The van der Waals surface area contributed by atoms with E-state index in [1.54, 1.807) is 0 Å². The molecule has 0 aliphatic carbocycles. The van der Waals surface area contributed by atoms with Crippen molar-refractivity contribution in [2.24, 2.45) is 4.99 Å². The minimum absolute atomic E-state index is 0. The van der Waals surface area contributed by atoms with Gasteiger partial charge in [-0.3, -0.25) is 4.90 Å². The molecule has 7 heteroatoms. The summed E-state index contributed by atoms with van der Waals surface area (Å²) in [5.74, 6) is 0. The van der Waals surface area contributed by atoms with Crippen molar-refractivity contribution in [3.8, 4) is 0 Å². The maximum absolute atomic E-state index is 4.74. The molecule has 0 spiro atoms. The lowest BCUT2D eigenvalue weighted by atomic mass is 10.2. The topological polar surface area (TPSA) is 22.1 Å². The second-order valence-corrected chi connectivity index (χ2v) is 8.14. The molecule has 1 unspecified atom stereocenters. The first-order valence-electron chi connectivity index (χ1n) is 7.68. The third-order valence-electron chi connectivity index (χ3n) is 3.86. The Balaban J connectivity index is 0.00000220. The molecule has 2 heterocycles. The van der Waals surface area contributed by atoms with Crippen LogP contribution in [0.2, 0.25) is 0 Å². The lowest BCUT2D eigenvalue weighted by Gasteiger charge is -2.18. The van der Waals surface area contributed by atoms with Crippen LogP contribution in [0.3, 0.4) is 0 Å². The average Bonchev–Trinajstić information content (AvgIpc) is 3.09. The van der Waals surface area contributed by atoms with E-state index in [4.69, 9.17) is 4.99 Å². The van der Waals surface area contributed by atoms with Gasteiger partial charge >= 0.3 is 0 Å². The Bertz CT molecular complexity index is 322. The largest absolute Gasteiger partial charge is 0.354 e. The van der Waals surface area contributed by atoms with Crippen LogP contribution in [-0.4, -0.2) is 72.7 Å². The number of unbranched alkanes of at least 4 members (excludes halogenated alkanes) is 2. The minimum Gasteiger partial charge on any atom is -0.354 e. The highest BCUT2D eigenvalue weighted by Crippen LogP contribution is 2.37. The molecule has 0 aromatic heterocycles. The van der Waals surface area contributed by atoms with Gasteiger partial charge in [-0.1, -0.05) is 6.42 Å². The molecule has 124 valence electrons. The predicted octanol–water partition coefficient (Wildman–Crippen LogP) is 3.36. The Hall–Kier alpha value is 0.570. The molecule has 2 aliphatic heterocycles. The van der Waals surface area contributed by atoms with E-state index < -0.39 is 0 Å². The van der Waals surface area contributed by atoms with Crippen molar-refractivity contribution < 1.29 is 0 Å². The SMILES string of the molecule is Br.CN(CCCCCN1CCCC1)C1=NC(N(C)C)SS1. The van der Waals surface area contributed by atoms with Gasteiger partial charge in [-0.15, -0.1) is 17.0 Å². The fourth-order valence-corrected chi connectivity index (χ4v) is 5.14. The number of likely N-dealkylation sites (tertiary alicyclic amines) is 1. The molecule has 0 aromatic rings. The third-order valence-corrected chi connectivity index (χ3v) is 6.48. The van der Waals surface area contributed by atoms with E-state index in [9.17, 15) is 0 Å². The summed E-state index contributed by atoms with van der Waals surface area (Å²) in [7, 11) is 10.00. The van der Waals surface area contributed by atoms with Crippen molar-refractivity contribution in [3.63, 3.8) is 0 Å². The molecule has 2 aliphatic rings. The number of hydrogen-bond acceptors (Lipinski definition) is 6. The van der Waals surface area contributed by atoms with Gasteiger partial charge in [0.2, 0.25) is 0 Å². The quantitative estimate of drug-likeness (QED) is 0.484. The summed E-state index contributed by atoms with van der Waals surface area (Å²) in [5.41, 5.74) is 0.285. The molecule has 1 atom stereocenters. The number of amidine groups is 1. The van der Waals surface area contributed by atoms with E-state index in [1.165, 1.54) is 56.9 Å². The van der Waals surface area contributed by atoms with E-state index in [0.29, 0.717) is 0 Å². The van der Waals surface area contributed by atoms with E-state index in [1.807, 2.05) is 21.6 Å². The van der Waals surface area contributed by atoms with Crippen molar-refractivity contribution in [2.45, 2.75) is 37.6 Å². The van der Waals surface area contributed by atoms with Crippen LogP contribution in [0.5, 0.6) is 0 Å². The third kappa shape index (κ3) is 6.69. The lowest BCUT2D eigenvalue weighted by molar-refractivity contribution is 0.325. The van der Waals surface area contributed by atoms with Crippen molar-refractivity contribution in [1.29, 1.82) is 0 Å². The number of aliphatic imine (C=N–C) groups is 1. The van der Waals surface area contributed by atoms with Gasteiger partial charge in [0.25, 0.3) is 0 Å². The summed E-state index contributed by atoms with van der Waals surface area (Å²) in [6.45, 7) is 5.09. The average molecular weight is 397 g/mol. The normalized spacial score (nSPS) is 22.5. The zero-order valence-electron chi connectivity index (χ0n) is 13.5. The Labute approximate surface area is 148 Å². The monoisotopic (exact) mass is 396 g/mol.